The van der Waals surface area contributed by atoms with Gasteiger partial charge in [-0.15, -0.1) is 0 Å². The monoisotopic (exact) mass is 385 g/mol. The summed E-state index contributed by atoms with van der Waals surface area (Å²) in [5.74, 6) is 1.42. The first-order chi connectivity index (χ1) is 6.97. The van der Waals surface area contributed by atoms with E-state index in [-0.39, 0.29) is 0 Å². The van der Waals surface area contributed by atoms with Crippen molar-refractivity contribution in [1.82, 2.24) is 0 Å². The van der Waals surface area contributed by atoms with Crippen molar-refractivity contribution in [1.29, 1.82) is 3.76 Å². The number of rotatable bonds is 0. The van der Waals surface area contributed by atoms with Gasteiger partial charge < -0.3 is 21.9 Å². The van der Waals surface area contributed by atoms with E-state index < -0.39 is 0 Å². The van der Waals surface area contributed by atoms with E-state index >= 15 is 0 Å². The molecule has 0 amide bonds. The summed E-state index contributed by atoms with van der Waals surface area (Å²) in [6.07, 6.45) is 0. The second-order valence-corrected chi connectivity index (χ2v) is 2.84. The molecular formula is C10H28N4Ta-4. The van der Waals surface area contributed by atoms with Gasteiger partial charge in [0.2, 0.25) is 0 Å². The van der Waals surface area contributed by atoms with Crippen LogP contribution in [0.1, 0.15) is 20.8 Å². The molecule has 0 aromatic rings. The van der Waals surface area contributed by atoms with Crippen LogP contribution in [0.5, 0.6) is 0 Å². The molecular weight excluding hydrogens is 357 g/mol. The van der Waals surface area contributed by atoms with Crippen molar-refractivity contribution in [2.45, 2.75) is 20.8 Å². The average molecular weight is 385 g/mol. The van der Waals surface area contributed by atoms with E-state index in [0.717, 1.165) is 0 Å². The molecule has 0 spiro atoms. The third-order valence-electron chi connectivity index (χ3n) is 0. The van der Waals surface area contributed by atoms with Crippen molar-refractivity contribution in [2.24, 2.45) is 0 Å². The summed E-state index contributed by atoms with van der Waals surface area (Å²) >= 11 is 0.694. The van der Waals surface area contributed by atoms with Crippen LogP contribution >= 0.6 is 0 Å². The molecule has 0 aromatic heterocycles. The predicted octanol–water partition coefficient (Wildman–Crippen LogP) is 3.78. The fraction of sp³-hybridized carbons (Fsp3) is 0.900. The van der Waals surface area contributed by atoms with Gasteiger partial charge in [0.05, 0.1) is 0 Å². The summed E-state index contributed by atoms with van der Waals surface area (Å²) in [7, 11) is 10.5. The predicted molar refractivity (Wildman–Crippen MR) is 68.6 cm³/mol. The molecule has 4 nitrogen and oxygen atoms in total. The van der Waals surface area contributed by atoms with Crippen molar-refractivity contribution in [3.8, 4) is 0 Å². The third-order valence-corrected chi connectivity index (χ3v) is 0. The van der Waals surface area contributed by atoms with E-state index in [2.05, 4.69) is 36.7 Å². The van der Waals surface area contributed by atoms with Crippen molar-refractivity contribution < 1.29 is 20.9 Å². The van der Waals surface area contributed by atoms with Crippen LogP contribution in [-0.2, 0) is 20.9 Å². The summed E-state index contributed by atoms with van der Waals surface area (Å²) < 4.78 is 5.86. The van der Waals surface area contributed by atoms with E-state index in [0.29, 0.717) is 20.9 Å². The van der Waals surface area contributed by atoms with E-state index in [1.807, 2.05) is 0 Å². The Hall–Kier alpha value is 0.420. The molecule has 0 aliphatic heterocycles. The van der Waals surface area contributed by atoms with Crippen molar-refractivity contribution in [3.05, 3.63) is 21.9 Å². The van der Waals surface area contributed by atoms with E-state index in [4.69, 9.17) is 3.76 Å². The molecule has 0 rings (SSSR count). The number of hydrogen-bond acceptors (Lipinski definition) is 1. The molecule has 15 heavy (non-hydrogen) atoms. The Morgan fingerprint density at radius 2 is 0.667 bits per heavy atom. The van der Waals surface area contributed by atoms with E-state index in [9.17, 15) is 0 Å². The van der Waals surface area contributed by atoms with Crippen molar-refractivity contribution >= 4 is 0 Å². The Kier molecular flexibility index (Phi) is 124. The minimum absolute atomic E-state index is 0.694. The van der Waals surface area contributed by atoms with Gasteiger partial charge in [-0.3, -0.25) is 0 Å². The molecule has 0 bridgehead atoms. The second kappa shape index (κ2) is 63.0. The maximum atomic E-state index is 5.86. The summed E-state index contributed by atoms with van der Waals surface area (Å²) in [6, 6.07) is 0. The van der Waals surface area contributed by atoms with Crippen molar-refractivity contribution in [3.63, 3.8) is 0 Å². The van der Waals surface area contributed by atoms with E-state index in [1.54, 1.807) is 42.3 Å². The molecule has 0 unspecified atom stereocenters. The molecule has 0 heterocycles. The normalized spacial score (nSPS) is 6.20. The van der Waals surface area contributed by atoms with Crippen LogP contribution in [0.4, 0.5) is 0 Å². The number of nitrogens with one attached hydrogen (secondary N) is 1. The summed E-state index contributed by atoms with van der Waals surface area (Å²) in [4.78, 5) is 0. The molecule has 0 fully saturated rings. The van der Waals surface area contributed by atoms with Crippen LogP contribution in [0.3, 0.4) is 0 Å². The maximum absolute atomic E-state index is 5.86. The zero-order valence-corrected chi connectivity index (χ0v) is 15.0. The van der Waals surface area contributed by atoms with Gasteiger partial charge in [0, 0.05) is 0 Å². The van der Waals surface area contributed by atoms with Gasteiger partial charge >= 0.3 is 24.6 Å². The van der Waals surface area contributed by atoms with Crippen LogP contribution in [0.25, 0.3) is 16.0 Å². The van der Waals surface area contributed by atoms with Gasteiger partial charge in [-0.25, -0.2) is 0 Å². The summed E-state index contributed by atoms with van der Waals surface area (Å²) in [5.41, 5.74) is 0. The minimum atomic E-state index is 0.694. The average Bonchev–Trinajstić information content (AvgIpc) is 2.09. The van der Waals surface area contributed by atoms with Crippen LogP contribution in [0, 0.1) is 9.67 Å². The molecule has 1 N–H and O–H groups in total. The quantitative estimate of drug-likeness (QED) is 0.617. The Balaban J connectivity index is -0.0000000283. The third kappa shape index (κ3) is 12600. The zero-order valence-electron chi connectivity index (χ0n) is 11.8. The standard InChI is InChI=1S/C4H9.3C2H6N.HN.Ta/c1-4(2)3;3*1-3-2;;/h1-3H3;3*1-2H3;1H;/q4*-1;;. The van der Waals surface area contributed by atoms with Crippen LogP contribution in [0.15, 0.2) is 0 Å². The first-order valence-electron chi connectivity index (χ1n) is 4.41. The van der Waals surface area contributed by atoms with Gasteiger partial charge in [0.25, 0.3) is 0 Å². The van der Waals surface area contributed by atoms with Crippen LogP contribution in [0.2, 0.25) is 0 Å². The molecule has 0 aromatic carbocycles. The van der Waals surface area contributed by atoms with E-state index in [1.165, 1.54) is 5.92 Å². The van der Waals surface area contributed by atoms with Gasteiger partial charge in [0.1, 0.15) is 0 Å². The van der Waals surface area contributed by atoms with Gasteiger partial charge in [-0.1, -0.05) is 0 Å². The molecule has 97 valence electrons. The number of nitrogens with zero attached hydrogens (tertiary/aromatic N) is 3. The van der Waals surface area contributed by atoms with Crippen LogP contribution < -0.4 is 0 Å². The zero-order chi connectivity index (χ0) is 13.7. The fourth-order valence-electron chi connectivity index (χ4n) is 0. The van der Waals surface area contributed by atoms with Gasteiger partial charge in [-0.2, -0.15) is 63.1 Å². The first kappa shape index (κ1) is 29.5. The molecule has 0 aliphatic rings. The Morgan fingerprint density at radius 1 is 0.667 bits per heavy atom. The Bertz CT molecular complexity index is 47.2. The number of hydrogen-bond donors (Lipinski definition) is 1. The summed E-state index contributed by atoms with van der Waals surface area (Å²) in [5, 5.41) is 10.5. The van der Waals surface area contributed by atoms with Gasteiger partial charge in [0.15, 0.2) is 0 Å². The molecule has 0 aliphatic carbocycles. The Morgan fingerprint density at radius 3 is 0.667 bits per heavy atom. The summed E-state index contributed by atoms with van der Waals surface area (Å²) in [6.45, 7) is 6.25. The molecule has 0 radical (unpaired) electrons. The molecule has 5 heteroatoms. The van der Waals surface area contributed by atoms with Gasteiger partial charge in [-0.05, 0) is 0 Å². The van der Waals surface area contributed by atoms with Crippen LogP contribution in [-0.4, -0.2) is 42.3 Å². The Labute approximate surface area is 110 Å². The topological polar surface area (TPSA) is 66.2 Å². The fourth-order valence-corrected chi connectivity index (χ4v) is 0. The van der Waals surface area contributed by atoms with Crippen molar-refractivity contribution in [2.75, 3.05) is 42.3 Å². The second-order valence-electron chi connectivity index (χ2n) is 2.84. The molecule has 0 saturated carbocycles. The molecule has 0 saturated heterocycles. The SMILES string of the molecule is C[C-](C)C.C[N-]C.C[N-]C.C[N-]C.[NH]=[Ta]. The molecule has 0 atom stereocenters. The first-order valence-corrected chi connectivity index (χ1v) is 6.01.